The molecule has 0 aromatic heterocycles. The second-order valence-corrected chi connectivity index (χ2v) is 5.33. The number of hydrogen-bond donors (Lipinski definition) is 1. The van der Waals surface area contributed by atoms with Gasteiger partial charge in [0.05, 0.1) is 6.10 Å². The maximum Gasteiger partial charge on any atom is 0.0700 e. The van der Waals surface area contributed by atoms with Crippen molar-refractivity contribution in [1.29, 1.82) is 0 Å². The highest BCUT2D eigenvalue weighted by molar-refractivity contribution is 5.63. The van der Waals surface area contributed by atoms with Gasteiger partial charge in [-0.3, -0.25) is 0 Å². The third-order valence-electron chi connectivity index (χ3n) is 3.79. The number of rotatable bonds is 5. The molecule has 3 rings (SSSR count). The van der Waals surface area contributed by atoms with Crippen LogP contribution in [-0.2, 0) is 11.3 Å². The van der Waals surface area contributed by atoms with Crippen LogP contribution in [0.2, 0.25) is 0 Å². The van der Waals surface area contributed by atoms with Gasteiger partial charge in [-0.05, 0) is 29.5 Å². The van der Waals surface area contributed by atoms with Gasteiger partial charge in [-0.2, -0.15) is 0 Å². The number of halogens is 1. The van der Waals surface area contributed by atoms with Gasteiger partial charge in [0.25, 0.3) is 0 Å². The van der Waals surface area contributed by atoms with E-state index in [-0.39, 0.29) is 12.4 Å². The number of nitrogens with one attached hydrogen (secondary N) is 1. The molecule has 0 bridgehead atoms. The fraction of sp³-hybridized carbons (Fsp3) is 0.333. The fourth-order valence-electron chi connectivity index (χ4n) is 2.63. The lowest BCUT2D eigenvalue weighted by atomic mass is 10.0. The number of benzene rings is 2. The third-order valence-corrected chi connectivity index (χ3v) is 3.79. The van der Waals surface area contributed by atoms with E-state index < -0.39 is 0 Å². The van der Waals surface area contributed by atoms with Crippen molar-refractivity contribution in [3.8, 4) is 11.1 Å². The molecule has 2 aromatic rings. The first-order valence-electron chi connectivity index (χ1n) is 7.38. The average molecular weight is 303 g/mol. The first-order chi connectivity index (χ1) is 9.92. The van der Waals surface area contributed by atoms with Gasteiger partial charge in [0, 0.05) is 19.7 Å². The van der Waals surface area contributed by atoms with Crippen LogP contribution in [0, 0.1) is 0 Å². The lowest BCUT2D eigenvalue weighted by Gasteiger charge is -2.11. The van der Waals surface area contributed by atoms with Gasteiger partial charge in [-0.25, -0.2) is 0 Å². The summed E-state index contributed by atoms with van der Waals surface area (Å²) >= 11 is 0. The van der Waals surface area contributed by atoms with Gasteiger partial charge in [-0.1, -0.05) is 54.6 Å². The SMILES string of the molecule is [Cl-].c1ccc(-c2ccc(CNCC3CCCO3)cc2)cc1. The lowest BCUT2D eigenvalue weighted by molar-refractivity contribution is -0.00000531. The zero-order valence-electron chi connectivity index (χ0n) is 12.1. The van der Waals surface area contributed by atoms with Crippen molar-refractivity contribution in [3.05, 3.63) is 60.2 Å². The van der Waals surface area contributed by atoms with Gasteiger partial charge in [0.15, 0.2) is 0 Å². The van der Waals surface area contributed by atoms with Crippen LogP contribution in [0.1, 0.15) is 18.4 Å². The quantitative estimate of drug-likeness (QED) is 0.875. The predicted molar refractivity (Wildman–Crippen MR) is 82.6 cm³/mol. The van der Waals surface area contributed by atoms with Crippen LogP contribution >= 0.6 is 0 Å². The van der Waals surface area contributed by atoms with Crippen molar-refractivity contribution < 1.29 is 17.1 Å². The molecule has 0 radical (unpaired) electrons. The molecule has 2 nitrogen and oxygen atoms in total. The Morgan fingerprint density at radius 1 is 0.952 bits per heavy atom. The van der Waals surface area contributed by atoms with Crippen LogP contribution in [0.4, 0.5) is 0 Å². The Morgan fingerprint density at radius 2 is 1.67 bits per heavy atom. The highest BCUT2D eigenvalue weighted by atomic mass is 35.5. The summed E-state index contributed by atoms with van der Waals surface area (Å²) in [6, 6.07) is 19.3. The van der Waals surface area contributed by atoms with Crippen LogP contribution in [0.5, 0.6) is 0 Å². The minimum atomic E-state index is 0. The monoisotopic (exact) mass is 302 g/mol. The normalized spacial score (nSPS) is 17.4. The standard InChI is InChI=1S/C18H21NO.ClH/c1-2-5-16(6-3-1)17-10-8-15(9-11-17)13-19-14-18-7-4-12-20-18;/h1-3,5-6,8-11,18-19H,4,7,12-14H2;1H/p-1. The highest BCUT2D eigenvalue weighted by Crippen LogP contribution is 2.19. The molecule has 0 amide bonds. The molecule has 21 heavy (non-hydrogen) atoms. The second-order valence-electron chi connectivity index (χ2n) is 5.33. The molecule has 2 aromatic carbocycles. The summed E-state index contributed by atoms with van der Waals surface area (Å²) < 4.78 is 5.61. The van der Waals surface area contributed by atoms with E-state index in [0.717, 1.165) is 19.7 Å². The third kappa shape index (κ3) is 4.57. The summed E-state index contributed by atoms with van der Waals surface area (Å²) in [5, 5.41) is 3.48. The van der Waals surface area contributed by atoms with Crippen molar-refractivity contribution in [3.63, 3.8) is 0 Å². The Morgan fingerprint density at radius 3 is 2.33 bits per heavy atom. The number of ether oxygens (including phenoxy) is 1. The van der Waals surface area contributed by atoms with Crippen molar-refractivity contribution in [2.75, 3.05) is 13.2 Å². The predicted octanol–water partition coefficient (Wildman–Crippen LogP) is 0.626. The molecular weight excluding hydrogens is 282 g/mol. The van der Waals surface area contributed by atoms with Crippen molar-refractivity contribution in [1.82, 2.24) is 5.32 Å². The topological polar surface area (TPSA) is 21.3 Å². The maximum atomic E-state index is 5.61. The largest absolute Gasteiger partial charge is 1.00 e. The Bertz CT molecular complexity index is 521. The van der Waals surface area contributed by atoms with Crippen LogP contribution in [0.25, 0.3) is 11.1 Å². The van der Waals surface area contributed by atoms with Crippen molar-refractivity contribution in [2.45, 2.75) is 25.5 Å². The Labute approximate surface area is 132 Å². The molecule has 1 unspecified atom stereocenters. The summed E-state index contributed by atoms with van der Waals surface area (Å²) in [4.78, 5) is 0. The number of hydrogen-bond acceptors (Lipinski definition) is 2. The van der Waals surface area contributed by atoms with Crippen molar-refractivity contribution in [2.24, 2.45) is 0 Å². The molecule has 1 saturated heterocycles. The fourth-order valence-corrected chi connectivity index (χ4v) is 2.63. The second kappa shape index (κ2) is 8.18. The smallest absolute Gasteiger partial charge is 0.0700 e. The van der Waals surface area contributed by atoms with Crippen LogP contribution in [0.15, 0.2) is 54.6 Å². The molecule has 1 aliphatic heterocycles. The van der Waals surface area contributed by atoms with E-state index in [4.69, 9.17) is 4.74 Å². The Hall–Kier alpha value is -1.35. The summed E-state index contributed by atoms with van der Waals surface area (Å²) in [5.41, 5.74) is 3.86. The highest BCUT2D eigenvalue weighted by Gasteiger charge is 2.14. The summed E-state index contributed by atoms with van der Waals surface area (Å²) in [6.45, 7) is 2.80. The maximum absolute atomic E-state index is 5.61. The average Bonchev–Trinajstić information content (AvgIpc) is 3.02. The Kier molecular flexibility index (Phi) is 6.24. The molecule has 1 fully saturated rings. The zero-order chi connectivity index (χ0) is 13.6. The molecule has 1 atom stereocenters. The van der Waals surface area contributed by atoms with E-state index in [2.05, 4.69) is 53.8 Å². The van der Waals surface area contributed by atoms with E-state index in [1.54, 1.807) is 0 Å². The molecule has 1 heterocycles. The molecule has 0 saturated carbocycles. The lowest BCUT2D eigenvalue weighted by Crippen LogP contribution is -3.00. The van der Waals surface area contributed by atoms with Gasteiger partial charge in [0.2, 0.25) is 0 Å². The molecule has 112 valence electrons. The molecule has 1 aliphatic rings. The minimum Gasteiger partial charge on any atom is -1.00 e. The molecule has 0 spiro atoms. The van der Waals surface area contributed by atoms with Gasteiger partial charge in [-0.15, -0.1) is 0 Å². The van der Waals surface area contributed by atoms with Gasteiger partial charge in [0.1, 0.15) is 0 Å². The minimum absolute atomic E-state index is 0. The van der Waals surface area contributed by atoms with E-state index in [1.165, 1.54) is 29.5 Å². The van der Waals surface area contributed by atoms with E-state index in [1.807, 2.05) is 6.07 Å². The van der Waals surface area contributed by atoms with Gasteiger partial charge >= 0.3 is 0 Å². The van der Waals surface area contributed by atoms with Crippen LogP contribution in [0.3, 0.4) is 0 Å². The van der Waals surface area contributed by atoms with E-state index in [0.29, 0.717) is 6.10 Å². The van der Waals surface area contributed by atoms with E-state index in [9.17, 15) is 0 Å². The molecule has 3 heteroatoms. The van der Waals surface area contributed by atoms with Gasteiger partial charge < -0.3 is 22.5 Å². The molecule has 0 aliphatic carbocycles. The summed E-state index contributed by atoms with van der Waals surface area (Å²) in [6.07, 6.45) is 2.82. The first-order valence-corrected chi connectivity index (χ1v) is 7.38. The molecule has 1 N–H and O–H groups in total. The summed E-state index contributed by atoms with van der Waals surface area (Å²) in [5.74, 6) is 0. The van der Waals surface area contributed by atoms with E-state index >= 15 is 0 Å². The zero-order valence-corrected chi connectivity index (χ0v) is 12.9. The van der Waals surface area contributed by atoms with Crippen molar-refractivity contribution >= 4 is 0 Å². The Balaban J connectivity index is 0.00000161. The summed E-state index contributed by atoms with van der Waals surface area (Å²) in [7, 11) is 0. The molecular formula is C18H21ClNO-. The van der Waals surface area contributed by atoms with Crippen LogP contribution in [-0.4, -0.2) is 19.3 Å². The first kappa shape index (κ1) is 16.0. The van der Waals surface area contributed by atoms with Crippen LogP contribution < -0.4 is 17.7 Å².